The molecule has 0 amide bonds. The van der Waals surface area contributed by atoms with Gasteiger partial charge in [0.15, 0.2) is 0 Å². The van der Waals surface area contributed by atoms with Crippen molar-refractivity contribution in [1.29, 1.82) is 0 Å². The summed E-state index contributed by atoms with van der Waals surface area (Å²) < 4.78 is 0. The first-order chi connectivity index (χ1) is 8.45. The molecule has 0 heterocycles. The number of aliphatic hydroxyl groups is 2. The summed E-state index contributed by atoms with van der Waals surface area (Å²) in [6.45, 7) is 4.39. The second-order valence-electron chi connectivity index (χ2n) is 6.01. The fourth-order valence-electron chi connectivity index (χ4n) is 3.64. The molecule has 2 nitrogen and oxygen atoms in total. The highest BCUT2D eigenvalue weighted by molar-refractivity contribution is 5.52. The molecule has 0 bridgehead atoms. The van der Waals surface area contributed by atoms with Crippen LogP contribution in [0.15, 0.2) is 35.4 Å². The molecule has 2 aliphatic rings. The highest BCUT2D eigenvalue weighted by Crippen LogP contribution is 2.51. The van der Waals surface area contributed by atoms with Crippen LogP contribution in [0.5, 0.6) is 0 Å². The summed E-state index contributed by atoms with van der Waals surface area (Å²) in [7, 11) is 0. The number of fused-ring (bicyclic) bond motifs is 1. The zero-order chi connectivity index (χ0) is 13.0. The fourth-order valence-corrected chi connectivity index (χ4v) is 3.64. The largest absolute Gasteiger partial charge is 0.358 e. The van der Waals surface area contributed by atoms with E-state index in [4.69, 9.17) is 0 Å². The maximum absolute atomic E-state index is 10.6. The molecule has 0 aliphatic heterocycles. The van der Waals surface area contributed by atoms with Crippen LogP contribution in [-0.2, 0) is 11.2 Å². The first-order valence-corrected chi connectivity index (χ1v) is 6.73. The summed E-state index contributed by atoms with van der Waals surface area (Å²) in [5.74, 6) is -1.76. The zero-order valence-electron chi connectivity index (χ0n) is 11.0. The number of allylic oxidation sites excluding steroid dienone is 1. The Kier molecular flexibility index (Phi) is 2.45. The SMILES string of the molecule is CC1(C)C2=C(CCCC2)C(O)(O)c2ccccc21. The normalized spacial score (nSPS) is 24.4. The molecule has 2 heteroatoms. The van der Waals surface area contributed by atoms with Gasteiger partial charge in [0.05, 0.1) is 0 Å². The number of hydrogen-bond donors (Lipinski definition) is 2. The molecule has 96 valence electrons. The van der Waals surface area contributed by atoms with Crippen LogP contribution in [0.3, 0.4) is 0 Å². The van der Waals surface area contributed by atoms with Crippen LogP contribution in [0, 0.1) is 0 Å². The Bertz CT molecular complexity index is 477. The van der Waals surface area contributed by atoms with Crippen molar-refractivity contribution >= 4 is 0 Å². The van der Waals surface area contributed by atoms with E-state index in [1.54, 1.807) is 0 Å². The topological polar surface area (TPSA) is 40.5 Å². The molecule has 0 saturated carbocycles. The third-order valence-corrected chi connectivity index (χ3v) is 4.62. The molecule has 0 unspecified atom stereocenters. The van der Waals surface area contributed by atoms with E-state index in [0.717, 1.165) is 36.8 Å². The van der Waals surface area contributed by atoms with E-state index in [1.165, 1.54) is 5.57 Å². The van der Waals surface area contributed by atoms with Crippen molar-refractivity contribution in [2.75, 3.05) is 0 Å². The summed E-state index contributed by atoms with van der Waals surface area (Å²) in [6, 6.07) is 7.72. The molecule has 0 spiro atoms. The van der Waals surface area contributed by atoms with Crippen molar-refractivity contribution < 1.29 is 10.2 Å². The molecule has 0 saturated heterocycles. The third kappa shape index (κ3) is 1.42. The van der Waals surface area contributed by atoms with Crippen LogP contribution in [0.1, 0.15) is 50.7 Å². The Morgan fingerprint density at radius 2 is 1.44 bits per heavy atom. The van der Waals surface area contributed by atoms with E-state index in [-0.39, 0.29) is 5.41 Å². The lowest BCUT2D eigenvalue weighted by molar-refractivity contribution is -0.143. The maximum atomic E-state index is 10.6. The zero-order valence-corrected chi connectivity index (χ0v) is 11.0. The number of hydrogen-bond acceptors (Lipinski definition) is 2. The summed E-state index contributed by atoms with van der Waals surface area (Å²) >= 11 is 0. The molecule has 0 aromatic heterocycles. The van der Waals surface area contributed by atoms with E-state index in [0.29, 0.717) is 5.56 Å². The molecule has 0 fully saturated rings. The van der Waals surface area contributed by atoms with Gasteiger partial charge in [-0.05, 0) is 36.8 Å². The minimum atomic E-state index is -1.76. The van der Waals surface area contributed by atoms with Gasteiger partial charge in [-0.2, -0.15) is 0 Å². The molecule has 0 atom stereocenters. The second kappa shape index (κ2) is 3.69. The third-order valence-electron chi connectivity index (χ3n) is 4.62. The summed E-state index contributed by atoms with van der Waals surface area (Å²) in [5, 5.41) is 21.1. The van der Waals surface area contributed by atoms with Gasteiger partial charge < -0.3 is 10.2 Å². The van der Waals surface area contributed by atoms with E-state index in [9.17, 15) is 10.2 Å². The van der Waals surface area contributed by atoms with Crippen molar-refractivity contribution in [2.45, 2.75) is 50.7 Å². The average molecular weight is 244 g/mol. The van der Waals surface area contributed by atoms with Crippen LogP contribution >= 0.6 is 0 Å². The van der Waals surface area contributed by atoms with E-state index in [2.05, 4.69) is 13.8 Å². The van der Waals surface area contributed by atoms with Crippen molar-refractivity contribution in [3.8, 4) is 0 Å². The van der Waals surface area contributed by atoms with E-state index in [1.807, 2.05) is 24.3 Å². The molecule has 1 aromatic carbocycles. The van der Waals surface area contributed by atoms with E-state index >= 15 is 0 Å². The smallest absolute Gasteiger partial charge is 0.213 e. The van der Waals surface area contributed by atoms with E-state index < -0.39 is 5.79 Å². The quantitative estimate of drug-likeness (QED) is 0.544. The average Bonchev–Trinajstić information content (AvgIpc) is 2.37. The van der Waals surface area contributed by atoms with Gasteiger partial charge in [0.2, 0.25) is 5.79 Å². The Hall–Kier alpha value is -1.12. The van der Waals surface area contributed by atoms with Gasteiger partial charge in [0, 0.05) is 11.0 Å². The lowest BCUT2D eigenvalue weighted by Crippen LogP contribution is -2.41. The Balaban J connectivity index is 2.30. The molecule has 18 heavy (non-hydrogen) atoms. The fraction of sp³-hybridized carbons (Fsp3) is 0.500. The second-order valence-corrected chi connectivity index (χ2v) is 6.01. The lowest BCUT2D eigenvalue weighted by atomic mass is 9.63. The van der Waals surface area contributed by atoms with Gasteiger partial charge in [0.25, 0.3) is 0 Å². The number of rotatable bonds is 0. The van der Waals surface area contributed by atoms with Crippen molar-refractivity contribution in [3.63, 3.8) is 0 Å². The summed E-state index contributed by atoms with van der Waals surface area (Å²) in [5.41, 5.74) is 3.71. The van der Waals surface area contributed by atoms with Crippen LogP contribution < -0.4 is 0 Å². The Labute approximate surface area is 108 Å². The van der Waals surface area contributed by atoms with Gasteiger partial charge in [-0.1, -0.05) is 43.7 Å². The van der Waals surface area contributed by atoms with Gasteiger partial charge in [-0.3, -0.25) is 0 Å². The molecule has 0 radical (unpaired) electrons. The van der Waals surface area contributed by atoms with Crippen LogP contribution in [0.2, 0.25) is 0 Å². The van der Waals surface area contributed by atoms with Crippen LogP contribution in [-0.4, -0.2) is 10.2 Å². The monoisotopic (exact) mass is 244 g/mol. The molecule has 1 aromatic rings. The maximum Gasteiger partial charge on any atom is 0.213 e. The molecule has 2 N–H and O–H groups in total. The number of benzene rings is 1. The van der Waals surface area contributed by atoms with Crippen molar-refractivity contribution in [1.82, 2.24) is 0 Å². The highest BCUT2D eigenvalue weighted by atomic mass is 16.5. The predicted molar refractivity (Wildman–Crippen MR) is 71.1 cm³/mol. The molecule has 2 aliphatic carbocycles. The molecular weight excluding hydrogens is 224 g/mol. The van der Waals surface area contributed by atoms with Crippen LogP contribution in [0.4, 0.5) is 0 Å². The minimum absolute atomic E-state index is 0.0820. The summed E-state index contributed by atoms with van der Waals surface area (Å²) in [4.78, 5) is 0. The lowest BCUT2D eigenvalue weighted by Gasteiger charge is -2.45. The standard InChI is InChI=1S/C16H20O2/c1-15(2)11-7-3-5-9-13(11)16(17,18)14-10-6-4-8-12(14)15/h3,5,7,9,17-18H,4,6,8,10H2,1-2H3. The Morgan fingerprint density at radius 3 is 2.11 bits per heavy atom. The van der Waals surface area contributed by atoms with Crippen molar-refractivity contribution in [3.05, 3.63) is 46.5 Å². The highest BCUT2D eigenvalue weighted by Gasteiger charge is 2.46. The van der Waals surface area contributed by atoms with Crippen LogP contribution in [0.25, 0.3) is 0 Å². The Morgan fingerprint density at radius 1 is 0.889 bits per heavy atom. The van der Waals surface area contributed by atoms with Gasteiger partial charge in [0.1, 0.15) is 0 Å². The van der Waals surface area contributed by atoms with Gasteiger partial charge >= 0.3 is 0 Å². The predicted octanol–water partition coefficient (Wildman–Crippen LogP) is 2.99. The summed E-state index contributed by atoms with van der Waals surface area (Å²) in [6.07, 6.45) is 4.00. The van der Waals surface area contributed by atoms with Gasteiger partial charge in [-0.25, -0.2) is 0 Å². The first-order valence-electron chi connectivity index (χ1n) is 6.73. The van der Waals surface area contributed by atoms with Gasteiger partial charge in [-0.15, -0.1) is 0 Å². The minimum Gasteiger partial charge on any atom is -0.358 e. The first kappa shape index (κ1) is 11.9. The van der Waals surface area contributed by atoms with Crippen molar-refractivity contribution in [2.24, 2.45) is 0 Å². The molecule has 3 rings (SSSR count). The molecular formula is C16H20O2.